The molecule has 1 aromatic rings. The summed E-state index contributed by atoms with van der Waals surface area (Å²) in [7, 11) is 3.44. The van der Waals surface area contributed by atoms with Gasteiger partial charge in [0.15, 0.2) is 5.96 Å². The van der Waals surface area contributed by atoms with Gasteiger partial charge in [-0.15, -0.1) is 0 Å². The van der Waals surface area contributed by atoms with Crippen molar-refractivity contribution in [3.63, 3.8) is 0 Å². The molecule has 9 heteroatoms. The number of piperazine rings is 1. The first kappa shape index (κ1) is 21.7. The molecule has 0 atom stereocenters. The van der Waals surface area contributed by atoms with E-state index in [4.69, 9.17) is 9.47 Å². The van der Waals surface area contributed by atoms with Crippen LogP contribution in [0.5, 0.6) is 5.88 Å². The molecule has 1 aromatic heterocycles. The van der Waals surface area contributed by atoms with Crippen molar-refractivity contribution in [3.8, 4) is 5.88 Å². The van der Waals surface area contributed by atoms with E-state index in [1.807, 2.05) is 7.05 Å². The number of halogens is 1. The second-order valence-electron chi connectivity index (χ2n) is 6.29. The maximum Gasteiger partial charge on any atom is 0.232 e. The average Bonchev–Trinajstić information content (AvgIpc) is 2.71. The number of nitrogens with zero attached hydrogens (tertiary/aromatic N) is 5. The first-order valence-electron chi connectivity index (χ1n) is 9.54. The van der Waals surface area contributed by atoms with Gasteiger partial charge in [0, 0.05) is 53.0 Å². The molecule has 0 spiro atoms. The topological polar surface area (TPSA) is 75.1 Å². The molecule has 0 saturated carbocycles. The lowest BCUT2D eigenvalue weighted by molar-refractivity contribution is 0.129. The molecule has 1 saturated heterocycles. The van der Waals surface area contributed by atoms with Gasteiger partial charge in [0.05, 0.1) is 17.8 Å². The van der Waals surface area contributed by atoms with Gasteiger partial charge < -0.3 is 24.6 Å². The quantitative estimate of drug-likeness (QED) is 0.356. The maximum atomic E-state index is 5.60. The summed E-state index contributed by atoms with van der Waals surface area (Å²) in [6.45, 7) is 8.11. The molecular formula is C18H31BrN6O2. The molecule has 8 nitrogen and oxygen atoms in total. The minimum atomic E-state index is 0.557. The summed E-state index contributed by atoms with van der Waals surface area (Å²) in [5.74, 6) is 2.19. The number of nitrogens with one attached hydrogen (secondary N) is 1. The Bertz CT molecular complexity index is 593. The number of hydrogen-bond acceptors (Lipinski definition) is 6. The van der Waals surface area contributed by atoms with Gasteiger partial charge in [-0.05, 0) is 28.8 Å². The second-order valence-corrected chi connectivity index (χ2v) is 7.15. The SMILES string of the molecule is CCCCOCCCNC(=NC)N1CCN(c2ncc(Br)c(OC)n2)CC1. The highest BCUT2D eigenvalue weighted by Crippen LogP contribution is 2.23. The van der Waals surface area contributed by atoms with Crippen LogP contribution in [0.4, 0.5) is 5.95 Å². The summed E-state index contributed by atoms with van der Waals surface area (Å²) < 4.78 is 11.6. The van der Waals surface area contributed by atoms with Crippen molar-refractivity contribution >= 4 is 27.8 Å². The molecule has 0 aliphatic carbocycles. The molecule has 1 aliphatic rings. The summed E-state index contributed by atoms with van der Waals surface area (Å²) in [4.78, 5) is 17.7. The van der Waals surface area contributed by atoms with Crippen LogP contribution in [0.15, 0.2) is 15.7 Å². The van der Waals surface area contributed by atoms with Crippen LogP contribution in [0.3, 0.4) is 0 Å². The normalized spacial score (nSPS) is 15.2. The Hall–Kier alpha value is -1.61. The van der Waals surface area contributed by atoms with Crippen LogP contribution in [0.1, 0.15) is 26.2 Å². The van der Waals surface area contributed by atoms with E-state index in [0.29, 0.717) is 11.8 Å². The number of anilines is 1. The fourth-order valence-electron chi connectivity index (χ4n) is 2.81. The fourth-order valence-corrected chi connectivity index (χ4v) is 3.16. The van der Waals surface area contributed by atoms with Gasteiger partial charge in [0.25, 0.3) is 0 Å². The number of aliphatic imine (C=N–C) groups is 1. The van der Waals surface area contributed by atoms with E-state index >= 15 is 0 Å². The average molecular weight is 443 g/mol. The predicted molar refractivity (Wildman–Crippen MR) is 112 cm³/mol. The highest BCUT2D eigenvalue weighted by Gasteiger charge is 2.22. The van der Waals surface area contributed by atoms with Crippen LogP contribution in [-0.4, -0.2) is 80.9 Å². The Morgan fingerprint density at radius 1 is 1.26 bits per heavy atom. The van der Waals surface area contributed by atoms with Gasteiger partial charge in [-0.2, -0.15) is 4.98 Å². The summed E-state index contributed by atoms with van der Waals surface area (Å²) in [6.07, 6.45) is 5.02. The van der Waals surface area contributed by atoms with Crippen LogP contribution >= 0.6 is 15.9 Å². The van der Waals surface area contributed by atoms with Crippen LogP contribution in [-0.2, 0) is 4.74 Å². The van der Waals surface area contributed by atoms with Crippen LogP contribution in [0.25, 0.3) is 0 Å². The van der Waals surface area contributed by atoms with Gasteiger partial charge >= 0.3 is 0 Å². The molecule has 27 heavy (non-hydrogen) atoms. The lowest BCUT2D eigenvalue weighted by Gasteiger charge is -2.36. The Morgan fingerprint density at radius 2 is 2.00 bits per heavy atom. The molecular weight excluding hydrogens is 412 g/mol. The van der Waals surface area contributed by atoms with E-state index in [-0.39, 0.29) is 0 Å². The largest absolute Gasteiger partial charge is 0.480 e. The van der Waals surface area contributed by atoms with E-state index in [9.17, 15) is 0 Å². The zero-order chi connectivity index (χ0) is 19.5. The molecule has 0 unspecified atom stereocenters. The van der Waals surface area contributed by atoms with Crippen molar-refractivity contribution in [2.24, 2.45) is 4.99 Å². The molecule has 1 aliphatic heterocycles. The number of guanidine groups is 1. The highest BCUT2D eigenvalue weighted by molar-refractivity contribution is 9.10. The Morgan fingerprint density at radius 3 is 2.67 bits per heavy atom. The molecule has 1 fully saturated rings. The lowest BCUT2D eigenvalue weighted by atomic mass is 10.3. The summed E-state index contributed by atoms with van der Waals surface area (Å²) in [5, 5.41) is 3.43. The van der Waals surface area contributed by atoms with Crippen LogP contribution < -0.4 is 15.0 Å². The van der Waals surface area contributed by atoms with E-state index in [2.05, 4.69) is 52.9 Å². The number of aromatic nitrogens is 2. The molecule has 1 N–H and O–H groups in total. The smallest absolute Gasteiger partial charge is 0.232 e. The minimum Gasteiger partial charge on any atom is -0.480 e. The Balaban J connectivity index is 1.75. The number of ether oxygens (including phenoxy) is 2. The monoisotopic (exact) mass is 442 g/mol. The molecule has 2 heterocycles. The Kier molecular flexibility index (Phi) is 9.61. The lowest BCUT2D eigenvalue weighted by Crippen LogP contribution is -2.53. The van der Waals surface area contributed by atoms with E-state index in [1.54, 1.807) is 13.3 Å². The number of unbranched alkanes of at least 4 members (excludes halogenated alkanes) is 1. The first-order chi connectivity index (χ1) is 13.2. The van der Waals surface area contributed by atoms with Gasteiger partial charge in [0.2, 0.25) is 11.8 Å². The predicted octanol–water partition coefficient (Wildman–Crippen LogP) is 2.15. The third-order valence-electron chi connectivity index (χ3n) is 4.36. The second kappa shape index (κ2) is 12.0. The summed E-state index contributed by atoms with van der Waals surface area (Å²) in [5.41, 5.74) is 0. The molecule has 0 bridgehead atoms. The van der Waals surface area contributed by atoms with E-state index in [0.717, 1.165) is 69.2 Å². The Labute approximate surface area is 170 Å². The van der Waals surface area contributed by atoms with E-state index < -0.39 is 0 Å². The molecule has 0 amide bonds. The summed E-state index contributed by atoms with van der Waals surface area (Å²) >= 11 is 3.39. The van der Waals surface area contributed by atoms with Gasteiger partial charge in [-0.25, -0.2) is 4.98 Å². The zero-order valence-corrected chi connectivity index (χ0v) is 18.2. The van der Waals surface area contributed by atoms with Crippen LogP contribution in [0.2, 0.25) is 0 Å². The minimum absolute atomic E-state index is 0.557. The van der Waals surface area contributed by atoms with Crippen molar-refractivity contribution in [1.29, 1.82) is 0 Å². The maximum absolute atomic E-state index is 5.60. The molecule has 0 aromatic carbocycles. The third kappa shape index (κ3) is 6.80. The van der Waals surface area contributed by atoms with Crippen molar-refractivity contribution in [3.05, 3.63) is 10.7 Å². The van der Waals surface area contributed by atoms with Gasteiger partial charge in [0.1, 0.15) is 0 Å². The number of hydrogen-bond donors (Lipinski definition) is 1. The zero-order valence-electron chi connectivity index (χ0n) is 16.6. The van der Waals surface area contributed by atoms with Crippen molar-refractivity contribution in [1.82, 2.24) is 20.2 Å². The molecule has 0 radical (unpaired) electrons. The summed E-state index contributed by atoms with van der Waals surface area (Å²) in [6, 6.07) is 0. The standard InChI is InChI=1S/C18H31BrN6O2/c1-4-5-12-27-13-6-7-21-17(20-2)24-8-10-25(11-9-24)18-22-14-15(19)16(23-18)26-3/h14H,4-13H2,1-3H3,(H,20,21). The van der Waals surface area contributed by atoms with Gasteiger partial charge in [-0.3, -0.25) is 4.99 Å². The van der Waals surface area contributed by atoms with Crippen molar-refractivity contribution < 1.29 is 9.47 Å². The van der Waals surface area contributed by atoms with Gasteiger partial charge in [-0.1, -0.05) is 13.3 Å². The molecule has 2 rings (SSSR count). The third-order valence-corrected chi connectivity index (χ3v) is 4.90. The molecule has 152 valence electrons. The van der Waals surface area contributed by atoms with Crippen molar-refractivity contribution in [2.75, 3.05) is 65.0 Å². The number of rotatable bonds is 9. The highest BCUT2D eigenvalue weighted by atomic mass is 79.9. The van der Waals surface area contributed by atoms with Crippen molar-refractivity contribution in [2.45, 2.75) is 26.2 Å². The number of methoxy groups -OCH3 is 1. The van der Waals surface area contributed by atoms with E-state index in [1.165, 1.54) is 6.42 Å². The first-order valence-corrected chi connectivity index (χ1v) is 10.3. The van der Waals surface area contributed by atoms with Crippen LogP contribution in [0, 0.1) is 0 Å². The fraction of sp³-hybridized carbons (Fsp3) is 0.722.